The minimum absolute atomic E-state index is 0.0380. The first-order valence-corrected chi connectivity index (χ1v) is 18.5. The van der Waals surface area contributed by atoms with Crippen molar-refractivity contribution in [3.63, 3.8) is 0 Å². The molecule has 2 aliphatic heterocycles. The second kappa shape index (κ2) is 17.2. The molecule has 51 heavy (non-hydrogen) atoms. The Morgan fingerprint density at radius 2 is 1.82 bits per heavy atom. The van der Waals surface area contributed by atoms with E-state index in [0.29, 0.717) is 19.5 Å². The highest BCUT2D eigenvalue weighted by atomic mass is 32.1. The number of rotatable bonds is 11. The topological polar surface area (TPSA) is 157 Å². The van der Waals surface area contributed by atoms with Gasteiger partial charge >= 0.3 is 0 Å². The van der Waals surface area contributed by atoms with E-state index in [4.69, 9.17) is 5.73 Å². The van der Waals surface area contributed by atoms with E-state index in [1.807, 2.05) is 69.6 Å². The lowest BCUT2D eigenvalue weighted by Gasteiger charge is -2.36. The number of nitrogens with zero attached hydrogens (tertiary/aromatic N) is 5. The number of piperazine rings is 1. The highest BCUT2D eigenvalue weighted by Gasteiger charge is 2.44. The largest absolute Gasteiger partial charge is 0.391 e. The maximum absolute atomic E-state index is 14.0. The van der Waals surface area contributed by atoms with Crippen LogP contribution in [0.4, 0.5) is 5.82 Å². The molecule has 1 aromatic carbocycles. The second-order valence-corrected chi connectivity index (χ2v) is 15.1. The van der Waals surface area contributed by atoms with Crippen molar-refractivity contribution in [2.75, 3.05) is 50.7 Å². The first-order valence-electron chi connectivity index (χ1n) is 17.6. The third kappa shape index (κ3) is 10.1. The van der Waals surface area contributed by atoms with Gasteiger partial charge < -0.3 is 31.3 Å². The number of aryl methyl sites for hydroxylation is 1. The Morgan fingerprint density at radius 1 is 1.08 bits per heavy atom. The van der Waals surface area contributed by atoms with Gasteiger partial charge in [-0.2, -0.15) is 0 Å². The van der Waals surface area contributed by atoms with Crippen molar-refractivity contribution in [1.82, 2.24) is 30.4 Å². The van der Waals surface area contributed by atoms with Crippen molar-refractivity contribution in [2.24, 2.45) is 11.1 Å². The zero-order valence-corrected chi connectivity index (χ0v) is 30.8. The van der Waals surface area contributed by atoms with Gasteiger partial charge in [0.2, 0.25) is 17.7 Å². The number of benzene rings is 1. The van der Waals surface area contributed by atoms with Gasteiger partial charge in [-0.15, -0.1) is 11.3 Å². The van der Waals surface area contributed by atoms with Crippen LogP contribution in [-0.2, 0) is 20.9 Å². The van der Waals surface area contributed by atoms with Crippen molar-refractivity contribution in [3.05, 3.63) is 64.9 Å². The van der Waals surface area contributed by atoms with Gasteiger partial charge in [-0.1, -0.05) is 56.9 Å². The number of aliphatic hydroxyl groups excluding tert-OH is 1. The molecule has 13 heteroatoms. The van der Waals surface area contributed by atoms with Gasteiger partial charge in [0.1, 0.15) is 17.9 Å². The van der Waals surface area contributed by atoms with Crippen molar-refractivity contribution in [3.8, 4) is 22.3 Å². The SMILES string of the molecule is Cc1ncsc1-c1ccc(CNC(=O)[C@@H]2C[C@@H](O)CN2C(=O)[C@@H](NC(=O)CCCN2CCN(c3ccc(C#CCN)cn3)CC2)C(C)(C)C)cc1. The molecule has 2 aromatic heterocycles. The average molecular weight is 715 g/mol. The molecule has 5 rings (SSSR count). The lowest BCUT2D eigenvalue weighted by molar-refractivity contribution is -0.144. The summed E-state index contributed by atoms with van der Waals surface area (Å²) in [6, 6.07) is 10.2. The van der Waals surface area contributed by atoms with E-state index in [0.717, 1.165) is 65.8 Å². The first-order chi connectivity index (χ1) is 24.4. The van der Waals surface area contributed by atoms with Gasteiger partial charge in [-0.25, -0.2) is 9.97 Å². The predicted octanol–water partition coefficient (Wildman–Crippen LogP) is 2.54. The average Bonchev–Trinajstić information content (AvgIpc) is 3.73. The van der Waals surface area contributed by atoms with E-state index in [-0.39, 0.29) is 37.1 Å². The Bertz CT molecular complexity index is 1700. The van der Waals surface area contributed by atoms with E-state index >= 15 is 0 Å². The molecule has 0 bridgehead atoms. The fraction of sp³-hybridized carbons (Fsp3) is 0.500. The molecule has 12 nitrogen and oxygen atoms in total. The maximum Gasteiger partial charge on any atom is 0.246 e. The van der Waals surface area contributed by atoms with E-state index in [2.05, 4.69) is 42.2 Å². The molecular weight excluding hydrogens is 665 g/mol. The van der Waals surface area contributed by atoms with E-state index in [9.17, 15) is 19.5 Å². The Hall–Kier alpha value is -4.35. The molecule has 272 valence electrons. The molecule has 0 unspecified atom stereocenters. The number of aliphatic hydroxyl groups is 1. The first kappa shape index (κ1) is 37.9. The van der Waals surface area contributed by atoms with Crippen LogP contribution in [-0.4, -0.2) is 107 Å². The number of carbonyl (C=O) groups is 3. The molecule has 2 aliphatic rings. The number of anilines is 1. The molecule has 2 saturated heterocycles. The van der Waals surface area contributed by atoms with Gasteiger partial charge in [0, 0.05) is 63.9 Å². The number of likely N-dealkylation sites (tertiary alicyclic amines) is 1. The number of nitrogens with one attached hydrogen (secondary N) is 2. The van der Waals surface area contributed by atoms with Crippen LogP contribution in [0.25, 0.3) is 10.4 Å². The summed E-state index contributed by atoms with van der Waals surface area (Å²) in [6.45, 7) is 12.5. The summed E-state index contributed by atoms with van der Waals surface area (Å²) in [5.41, 5.74) is 10.5. The fourth-order valence-corrected chi connectivity index (χ4v) is 7.29. The highest BCUT2D eigenvalue weighted by molar-refractivity contribution is 7.13. The monoisotopic (exact) mass is 714 g/mol. The van der Waals surface area contributed by atoms with E-state index < -0.39 is 23.6 Å². The van der Waals surface area contributed by atoms with Crippen molar-refractivity contribution < 1.29 is 19.5 Å². The fourth-order valence-electron chi connectivity index (χ4n) is 6.48. The summed E-state index contributed by atoms with van der Waals surface area (Å²) < 4.78 is 0. The number of aromatic nitrogens is 2. The molecule has 0 radical (unpaired) electrons. The lowest BCUT2D eigenvalue weighted by atomic mass is 9.85. The Balaban J connectivity index is 1.09. The van der Waals surface area contributed by atoms with Gasteiger partial charge in [0.15, 0.2) is 0 Å². The quantitative estimate of drug-likeness (QED) is 0.219. The third-order valence-corrected chi connectivity index (χ3v) is 10.3. The predicted molar refractivity (Wildman–Crippen MR) is 200 cm³/mol. The molecule has 3 amide bonds. The number of amides is 3. The summed E-state index contributed by atoms with van der Waals surface area (Å²) in [5.74, 6) is 5.86. The number of nitrogens with two attached hydrogens (primary N) is 1. The smallest absolute Gasteiger partial charge is 0.246 e. The van der Waals surface area contributed by atoms with E-state index in [1.165, 1.54) is 4.90 Å². The molecule has 3 atom stereocenters. The summed E-state index contributed by atoms with van der Waals surface area (Å²) in [6.07, 6.45) is 2.02. The van der Waals surface area contributed by atoms with Crippen LogP contribution in [0.3, 0.4) is 0 Å². The van der Waals surface area contributed by atoms with Crippen LogP contribution in [0.5, 0.6) is 0 Å². The summed E-state index contributed by atoms with van der Waals surface area (Å²) in [7, 11) is 0. The zero-order valence-electron chi connectivity index (χ0n) is 30.0. The molecule has 5 N–H and O–H groups in total. The van der Waals surface area contributed by atoms with Crippen LogP contribution in [0, 0.1) is 24.2 Å². The van der Waals surface area contributed by atoms with Crippen LogP contribution in [0.1, 0.15) is 56.9 Å². The molecule has 0 saturated carbocycles. The van der Waals surface area contributed by atoms with Gasteiger partial charge in [0.05, 0.1) is 28.7 Å². The molecule has 4 heterocycles. The maximum atomic E-state index is 14.0. The highest BCUT2D eigenvalue weighted by Crippen LogP contribution is 2.28. The number of carbonyl (C=O) groups excluding carboxylic acids is 3. The third-order valence-electron chi connectivity index (χ3n) is 9.37. The Kier molecular flexibility index (Phi) is 12.8. The number of hydrogen-bond donors (Lipinski definition) is 4. The van der Waals surface area contributed by atoms with Crippen LogP contribution < -0.4 is 21.3 Å². The Morgan fingerprint density at radius 3 is 2.45 bits per heavy atom. The van der Waals surface area contributed by atoms with Gasteiger partial charge in [-0.05, 0) is 48.6 Å². The number of hydrogen-bond acceptors (Lipinski definition) is 10. The van der Waals surface area contributed by atoms with Crippen molar-refractivity contribution >= 4 is 34.9 Å². The summed E-state index contributed by atoms with van der Waals surface area (Å²) in [4.78, 5) is 56.5. The van der Waals surface area contributed by atoms with Crippen molar-refractivity contribution in [2.45, 2.75) is 71.7 Å². The Labute approximate surface area is 304 Å². The number of thiazole rings is 1. The van der Waals surface area contributed by atoms with Crippen LogP contribution >= 0.6 is 11.3 Å². The van der Waals surface area contributed by atoms with Gasteiger partial charge in [-0.3, -0.25) is 19.3 Å². The van der Waals surface area contributed by atoms with Crippen LogP contribution in [0.2, 0.25) is 0 Å². The molecular formula is C38H50N8O4S. The number of β-amino-alcohol motifs (C(OH)–C–C–N with tert-alkyl or cyclic N) is 1. The normalized spacial score (nSPS) is 18.5. The standard InChI is InChI=1S/C38H50N8O4S/c1-26-34(51-25-42-26)29-12-9-28(10-13-29)23-41-36(49)31-21-30(47)24-46(31)37(50)35(38(2,3)4)43-33(48)8-6-16-44-17-19-45(20-18-44)32-14-11-27(22-40-32)7-5-15-39/h9-14,22,25,30-31,35,47H,6,8,15-21,23-24,39H2,1-4H3,(H,41,49)(H,43,48)/t30-,31+,35-/m1/s1. The number of pyridine rings is 1. The molecule has 0 spiro atoms. The van der Waals surface area contributed by atoms with Crippen LogP contribution in [0.15, 0.2) is 48.1 Å². The van der Waals surface area contributed by atoms with Crippen molar-refractivity contribution in [1.29, 1.82) is 0 Å². The lowest BCUT2D eigenvalue weighted by Crippen LogP contribution is -2.57. The summed E-state index contributed by atoms with van der Waals surface area (Å²) >= 11 is 1.59. The second-order valence-electron chi connectivity index (χ2n) is 14.3. The zero-order chi connectivity index (χ0) is 36.5. The minimum atomic E-state index is -0.850. The summed E-state index contributed by atoms with van der Waals surface area (Å²) in [5, 5.41) is 16.5. The molecule has 0 aliphatic carbocycles. The molecule has 3 aromatic rings. The van der Waals surface area contributed by atoms with E-state index in [1.54, 1.807) is 17.5 Å². The van der Waals surface area contributed by atoms with Gasteiger partial charge in [0.25, 0.3) is 0 Å². The minimum Gasteiger partial charge on any atom is -0.391 e. The molecule has 2 fully saturated rings.